The molecule has 130 valence electrons. The highest BCUT2D eigenvalue weighted by Crippen LogP contribution is 2.07. The van der Waals surface area contributed by atoms with E-state index in [9.17, 15) is 9.59 Å². The van der Waals surface area contributed by atoms with Gasteiger partial charge in [-0.2, -0.15) is 0 Å². The van der Waals surface area contributed by atoms with E-state index in [-0.39, 0.29) is 18.3 Å². The highest BCUT2D eigenvalue weighted by Gasteiger charge is 2.15. The summed E-state index contributed by atoms with van der Waals surface area (Å²) in [5.74, 6) is -0.329. The smallest absolute Gasteiger partial charge is 0.308 e. The minimum atomic E-state index is -0.458. The average Bonchev–Trinajstić information content (AvgIpc) is 2.37. The molecular weight excluding hydrogens is 290 g/mol. The Kier molecular flexibility index (Phi) is 11.7. The van der Waals surface area contributed by atoms with E-state index in [0.29, 0.717) is 46.2 Å². The van der Waals surface area contributed by atoms with Gasteiger partial charge in [-0.1, -0.05) is 0 Å². The van der Waals surface area contributed by atoms with Crippen LogP contribution in [0.2, 0.25) is 0 Å². The van der Waals surface area contributed by atoms with Crippen LogP contribution in [-0.4, -0.2) is 63.7 Å². The first kappa shape index (κ1) is 20.8. The van der Waals surface area contributed by atoms with Crippen LogP contribution in [-0.2, 0) is 28.5 Å². The Bertz CT molecular complexity index is 314. The Labute approximate surface area is 132 Å². The lowest BCUT2D eigenvalue weighted by Gasteiger charge is -2.19. The van der Waals surface area contributed by atoms with Gasteiger partial charge in [0.15, 0.2) is 0 Å². The van der Waals surface area contributed by atoms with Crippen LogP contribution in [0.1, 0.15) is 34.1 Å². The average molecular weight is 319 g/mol. The Morgan fingerprint density at radius 3 is 1.86 bits per heavy atom. The van der Waals surface area contributed by atoms with Crippen molar-refractivity contribution in [2.75, 3.05) is 46.2 Å². The topological polar surface area (TPSA) is 83.1 Å². The van der Waals surface area contributed by atoms with Crippen molar-refractivity contribution in [2.24, 2.45) is 0 Å². The summed E-state index contributed by atoms with van der Waals surface area (Å²) >= 11 is 0. The molecule has 0 aliphatic heterocycles. The predicted octanol–water partition coefficient (Wildman–Crippen LogP) is 0.904. The van der Waals surface area contributed by atoms with Crippen molar-refractivity contribution in [3.63, 3.8) is 0 Å². The third-order valence-electron chi connectivity index (χ3n) is 2.23. The number of carbonyl (C=O) groups is 2. The lowest BCUT2D eigenvalue weighted by Crippen LogP contribution is -2.25. The molecule has 0 rings (SSSR count). The van der Waals surface area contributed by atoms with Gasteiger partial charge in [0.1, 0.15) is 5.60 Å². The van der Waals surface area contributed by atoms with Crippen LogP contribution in [0, 0.1) is 0 Å². The predicted molar refractivity (Wildman–Crippen MR) is 81.6 cm³/mol. The molecule has 7 heteroatoms. The SMILES string of the molecule is CC(=O)NCCOCCOCCOCCC(=O)OC(C)(C)C. The molecule has 0 unspecified atom stereocenters. The van der Waals surface area contributed by atoms with E-state index in [4.69, 9.17) is 18.9 Å². The van der Waals surface area contributed by atoms with Crippen LogP contribution in [0.5, 0.6) is 0 Å². The van der Waals surface area contributed by atoms with Gasteiger partial charge in [0, 0.05) is 13.5 Å². The fourth-order valence-electron chi connectivity index (χ4n) is 1.39. The maximum absolute atomic E-state index is 11.4. The van der Waals surface area contributed by atoms with Crippen molar-refractivity contribution in [3.8, 4) is 0 Å². The van der Waals surface area contributed by atoms with Gasteiger partial charge in [-0.15, -0.1) is 0 Å². The fraction of sp³-hybridized carbons (Fsp3) is 0.867. The van der Waals surface area contributed by atoms with Crippen LogP contribution < -0.4 is 5.32 Å². The molecule has 0 heterocycles. The molecule has 1 N–H and O–H groups in total. The second kappa shape index (κ2) is 12.4. The minimum absolute atomic E-state index is 0.0663. The molecule has 0 aliphatic rings. The Balaban J connectivity index is 3.21. The quantitative estimate of drug-likeness (QED) is 0.425. The Hall–Kier alpha value is -1.18. The zero-order valence-electron chi connectivity index (χ0n) is 14.1. The molecular formula is C15H29NO6. The first-order valence-corrected chi connectivity index (χ1v) is 7.51. The summed E-state index contributed by atoms with van der Waals surface area (Å²) < 4.78 is 21.0. The summed E-state index contributed by atoms with van der Waals surface area (Å²) in [6.07, 6.45) is 0.240. The van der Waals surface area contributed by atoms with Gasteiger partial charge in [-0.05, 0) is 20.8 Å². The van der Waals surface area contributed by atoms with E-state index in [1.54, 1.807) is 0 Å². The Morgan fingerprint density at radius 1 is 0.864 bits per heavy atom. The highest BCUT2D eigenvalue weighted by atomic mass is 16.6. The van der Waals surface area contributed by atoms with Gasteiger partial charge in [0.2, 0.25) is 5.91 Å². The normalized spacial score (nSPS) is 11.3. The number of nitrogens with one attached hydrogen (secondary N) is 1. The molecule has 0 fully saturated rings. The van der Waals surface area contributed by atoms with Crippen molar-refractivity contribution in [1.82, 2.24) is 5.32 Å². The van der Waals surface area contributed by atoms with E-state index in [0.717, 1.165) is 0 Å². The van der Waals surface area contributed by atoms with Crippen LogP contribution in [0.4, 0.5) is 0 Å². The monoisotopic (exact) mass is 319 g/mol. The molecule has 0 aromatic carbocycles. The van der Waals surface area contributed by atoms with Crippen molar-refractivity contribution in [1.29, 1.82) is 0 Å². The molecule has 0 radical (unpaired) electrons. The van der Waals surface area contributed by atoms with Crippen molar-refractivity contribution < 1.29 is 28.5 Å². The summed E-state index contributed by atoms with van der Waals surface area (Å²) in [4.78, 5) is 22.0. The van der Waals surface area contributed by atoms with Crippen LogP contribution >= 0.6 is 0 Å². The number of esters is 1. The molecule has 0 saturated carbocycles. The molecule has 0 bridgehead atoms. The van der Waals surface area contributed by atoms with Gasteiger partial charge < -0.3 is 24.3 Å². The van der Waals surface area contributed by atoms with Crippen LogP contribution in [0.3, 0.4) is 0 Å². The van der Waals surface area contributed by atoms with E-state index in [1.807, 2.05) is 20.8 Å². The van der Waals surface area contributed by atoms with Gasteiger partial charge in [0.25, 0.3) is 0 Å². The fourth-order valence-corrected chi connectivity index (χ4v) is 1.39. The van der Waals surface area contributed by atoms with E-state index in [1.165, 1.54) is 6.92 Å². The van der Waals surface area contributed by atoms with Gasteiger partial charge in [0.05, 0.1) is 46.1 Å². The summed E-state index contributed by atoms with van der Waals surface area (Å²) in [5.41, 5.74) is -0.458. The first-order valence-electron chi connectivity index (χ1n) is 7.51. The lowest BCUT2D eigenvalue weighted by atomic mass is 10.2. The summed E-state index contributed by atoms with van der Waals surface area (Å²) in [6.45, 7) is 10.1. The third kappa shape index (κ3) is 16.9. The molecule has 7 nitrogen and oxygen atoms in total. The minimum Gasteiger partial charge on any atom is -0.460 e. The van der Waals surface area contributed by atoms with Crippen LogP contribution in [0.15, 0.2) is 0 Å². The summed E-state index contributed by atoms with van der Waals surface area (Å²) in [7, 11) is 0. The van der Waals surface area contributed by atoms with E-state index >= 15 is 0 Å². The molecule has 22 heavy (non-hydrogen) atoms. The van der Waals surface area contributed by atoms with Gasteiger partial charge in [-0.25, -0.2) is 0 Å². The molecule has 0 aromatic rings. The number of amides is 1. The largest absolute Gasteiger partial charge is 0.460 e. The molecule has 0 aliphatic carbocycles. The van der Waals surface area contributed by atoms with Crippen molar-refractivity contribution >= 4 is 11.9 Å². The van der Waals surface area contributed by atoms with Gasteiger partial charge in [-0.3, -0.25) is 9.59 Å². The van der Waals surface area contributed by atoms with E-state index in [2.05, 4.69) is 5.32 Å². The number of ether oxygens (including phenoxy) is 4. The summed E-state index contributed by atoms with van der Waals surface area (Å²) in [6, 6.07) is 0. The number of hydrogen-bond acceptors (Lipinski definition) is 6. The second-order valence-corrected chi connectivity index (χ2v) is 5.66. The molecule has 1 amide bonds. The number of rotatable bonds is 12. The highest BCUT2D eigenvalue weighted by molar-refractivity contribution is 5.72. The van der Waals surface area contributed by atoms with Crippen molar-refractivity contribution in [3.05, 3.63) is 0 Å². The molecule has 0 aromatic heterocycles. The second-order valence-electron chi connectivity index (χ2n) is 5.66. The zero-order chi connectivity index (χ0) is 16.8. The zero-order valence-corrected chi connectivity index (χ0v) is 14.1. The summed E-state index contributed by atoms with van der Waals surface area (Å²) in [5, 5.41) is 2.63. The molecule has 0 atom stereocenters. The number of carbonyl (C=O) groups excluding carboxylic acids is 2. The van der Waals surface area contributed by atoms with Gasteiger partial charge >= 0.3 is 5.97 Å². The first-order chi connectivity index (χ1) is 10.3. The van der Waals surface area contributed by atoms with Crippen LogP contribution in [0.25, 0.3) is 0 Å². The standard InChI is InChI=1S/C15H29NO6/c1-13(17)16-6-8-20-10-12-21-11-9-19-7-5-14(18)22-15(2,3)4/h5-12H2,1-4H3,(H,16,17). The van der Waals surface area contributed by atoms with Crippen molar-refractivity contribution in [2.45, 2.75) is 39.7 Å². The lowest BCUT2D eigenvalue weighted by molar-refractivity contribution is -0.156. The van der Waals surface area contributed by atoms with E-state index < -0.39 is 5.60 Å². The Morgan fingerprint density at radius 2 is 1.36 bits per heavy atom. The maximum Gasteiger partial charge on any atom is 0.308 e. The maximum atomic E-state index is 11.4. The molecule has 0 spiro atoms. The third-order valence-corrected chi connectivity index (χ3v) is 2.23. The molecule has 0 saturated heterocycles. The number of hydrogen-bond donors (Lipinski definition) is 1.